The molecule has 1 aromatic carbocycles. The van der Waals surface area contributed by atoms with E-state index in [4.69, 9.17) is 15.2 Å². The number of ether oxygens (including phenoxy) is 2. The molecule has 4 nitrogen and oxygen atoms in total. The number of rotatable bonds is 2. The van der Waals surface area contributed by atoms with E-state index in [1.165, 1.54) is 6.26 Å². The van der Waals surface area contributed by atoms with Gasteiger partial charge in [0.15, 0.2) is 11.5 Å². The van der Waals surface area contributed by atoms with Crippen LogP contribution in [-0.2, 0) is 9.47 Å². The number of hydrogen-bond acceptors (Lipinski definition) is 4. The van der Waals surface area contributed by atoms with E-state index in [0.717, 1.165) is 18.4 Å². The van der Waals surface area contributed by atoms with Crippen LogP contribution in [0.3, 0.4) is 0 Å². The fourth-order valence-electron chi connectivity index (χ4n) is 2.21. The molecule has 0 atom stereocenters. The van der Waals surface area contributed by atoms with Gasteiger partial charge in [-0.25, -0.2) is 0 Å². The summed E-state index contributed by atoms with van der Waals surface area (Å²) in [4.78, 5) is 0. The van der Waals surface area contributed by atoms with Crippen molar-refractivity contribution >= 4 is 11.4 Å². The molecule has 0 fully saturated rings. The molecule has 1 aliphatic heterocycles. The number of phenolic OH excluding ortho intramolecular Hbond substituents is 1. The third-order valence-corrected chi connectivity index (χ3v) is 3.22. The van der Waals surface area contributed by atoms with Crippen LogP contribution in [0, 0.1) is 0 Å². The summed E-state index contributed by atoms with van der Waals surface area (Å²) in [5, 5.41) is 9.94. The average Bonchev–Trinajstić information content (AvgIpc) is 2.48. The molecule has 3 rings (SSSR count). The van der Waals surface area contributed by atoms with Gasteiger partial charge in [0.2, 0.25) is 0 Å². The number of nitrogens with two attached hydrogens (primary N) is 1. The highest BCUT2D eigenvalue weighted by molar-refractivity contribution is 5.76. The molecule has 0 saturated heterocycles. The second kappa shape index (κ2) is 5.17. The molecule has 20 heavy (non-hydrogen) atoms. The first-order chi connectivity index (χ1) is 9.75. The first-order valence-electron chi connectivity index (χ1n) is 6.43. The van der Waals surface area contributed by atoms with Crippen LogP contribution in [0.5, 0.6) is 5.75 Å². The van der Waals surface area contributed by atoms with Gasteiger partial charge in [-0.2, -0.15) is 0 Å². The number of allylic oxidation sites excluding steroid dienone is 4. The van der Waals surface area contributed by atoms with Crippen molar-refractivity contribution < 1.29 is 14.6 Å². The van der Waals surface area contributed by atoms with Gasteiger partial charge >= 0.3 is 0 Å². The number of anilines is 1. The van der Waals surface area contributed by atoms with Crippen LogP contribution in [0.4, 0.5) is 5.69 Å². The van der Waals surface area contributed by atoms with E-state index < -0.39 is 0 Å². The van der Waals surface area contributed by atoms with Gasteiger partial charge < -0.3 is 20.3 Å². The Hall–Kier alpha value is -2.62. The van der Waals surface area contributed by atoms with Gasteiger partial charge in [0, 0.05) is 5.69 Å². The normalized spacial score (nSPS) is 17.5. The maximum atomic E-state index is 9.94. The second-order valence-corrected chi connectivity index (χ2v) is 4.60. The molecule has 0 unspecified atom stereocenters. The molecule has 0 bridgehead atoms. The Kier molecular flexibility index (Phi) is 3.21. The molecule has 4 heteroatoms. The van der Waals surface area contributed by atoms with Crippen LogP contribution in [-0.4, -0.2) is 5.11 Å². The van der Waals surface area contributed by atoms with E-state index in [2.05, 4.69) is 6.08 Å². The summed E-state index contributed by atoms with van der Waals surface area (Å²) in [5.41, 5.74) is 7.85. The monoisotopic (exact) mass is 269 g/mol. The highest BCUT2D eigenvalue weighted by Gasteiger charge is 2.20. The van der Waals surface area contributed by atoms with Crippen LogP contribution in [0.25, 0.3) is 5.76 Å². The average molecular weight is 269 g/mol. The Morgan fingerprint density at radius 1 is 1.15 bits per heavy atom. The van der Waals surface area contributed by atoms with Crippen molar-refractivity contribution in [2.24, 2.45) is 0 Å². The summed E-state index contributed by atoms with van der Waals surface area (Å²) in [6, 6.07) is 4.96. The lowest BCUT2D eigenvalue weighted by molar-refractivity contribution is 0.284. The van der Waals surface area contributed by atoms with Crippen molar-refractivity contribution in [2.45, 2.75) is 12.8 Å². The van der Waals surface area contributed by atoms with Gasteiger partial charge in [0.25, 0.3) is 0 Å². The lowest BCUT2D eigenvalue weighted by atomic mass is 10.0. The number of benzene rings is 1. The van der Waals surface area contributed by atoms with Crippen molar-refractivity contribution in [1.29, 1.82) is 0 Å². The van der Waals surface area contributed by atoms with Crippen molar-refractivity contribution in [3.05, 3.63) is 65.8 Å². The Balaban J connectivity index is 1.89. The third kappa shape index (κ3) is 2.28. The quantitative estimate of drug-likeness (QED) is 0.807. The van der Waals surface area contributed by atoms with Crippen molar-refractivity contribution in [2.75, 3.05) is 5.73 Å². The molecule has 1 aliphatic carbocycles. The first-order valence-corrected chi connectivity index (χ1v) is 6.43. The number of aromatic hydroxyl groups is 1. The Labute approximate surface area is 117 Å². The fraction of sp³-hybridized carbons (Fsp3) is 0.125. The second-order valence-electron chi connectivity index (χ2n) is 4.60. The molecule has 2 aliphatic rings. The smallest absolute Gasteiger partial charge is 0.175 e. The molecule has 1 heterocycles. The minimum atomic E-state index is 0.0682. The molecule has 0 amide bonds. The van der Waals surface area contributed by atoms with Gasteiger partial charge in [0.05, 0.1) is 5.56 Å². The maximum absolute atomic E-state index is 9.94. The number of phenols is 1. The molecule has 0 saturated carbocycles. The van der Waals surface area contributed by atoms with E-state index in [1.807, 2.05) is 12.2 Å². The number of hydrogen-bond donors (Lipinski definition) is 2. The zero-order chi connectivity index (χ0) is 13.9. The van der Waals surface area contributed by atoms with Crippen LogP contribution >= 0.6 is 0 Å². The van der Waals surface area contributed by atoms with Crippen molar-refractivity contribution in [3.8, 4) is 5.75 Å². The Morgan fingerprint density at radius 2 is 2.00 bits per heavy atom. The van der Waals surface area contributed by atoms with Gasteiger partial charge in [-0.15, -0.1) is 0 Å². The zero-order valence-electron chi connectivity index (χ0n) is 10.9. The molecular weight excluding hydrogens is 254 g/mol. The lowest BCUT2D eigenvalue weighted by Crippen LogP contribution is -2.05. The van der Waals surface area contributed by atoms with Crippen LogP contribution < -0.4 is 5.73 Å². The Morgan fingerprint density at radius 3 is 2.75 bits per heavy atom. The maximum Gasteiger partial charge on any atom is 0.175 e. The summed E-state index contributed by atoms with van der Waals surface area (Å²) in [5.74, 6) is 1.13. The van der Waals surface area contributed by atoms with Crippen LogP contribution in [0.15, 0.2) is 60.3 Å². The SMILES string of the molecule is Nc1cccc(O)c1C1=COC=C(C2=CC=CCC2)O1. The third-order valence-electron chi connectivity index (χ3n) is 3.22. The molecule has 102 valence electrons. The fourth-order valence-corrected chi connectivity index (χ4v) is 2.21. The van der Waals surface area contributed by atoms with Gasteiger partial charge in [0.1, 0.15) is 18.3 Å². The molecule has 1 aromatic rings. The summed E-state index contributed by atoms with van der Waals surface area (Å²) < 4.78 is 11.2. The topological polar surface area (TPSA) is 64.7 Å². The first kappa shape index (κ1) is 12.4. The lowest BCUT2D eigenvalue weighted by Gasteiger charge is -2.20. The van der Waals surface area contributed by atoms with Gasteiger partial charge in [-0.3, -0.25) is 0 Å². The molecule has 0 aromatic heterocycles. The minimum Gasteiger partial charge on any atom is -0.507 e. The standard InChI is InChI=1S/C16H15NO3/c17-12-7-4-8-13(18)16(12)15-10-19-9-14(20-15)11-5-2-1-3-6-11/h1-2,4-5,7-10,18H,3,6,17H2. The summed E-state index contributed by atoms with van der Waals surface area (Å²) in [7, 11) is 0. The van der Waals surface area contributed by atoms with E-state index in [-0.39, 0.29) is 5.75 Å². The summed E-state index contributed by atoms with van der Waals surface area (Å²) in [6.45, 7) is 0. The predicted octanol–water partition coefficient (Wildman–Crippen LogP) is 3.44. The summed E-state index contributed by atoms with van der Waals surface area (Å²) >= 11 is 0. The van der Waals surface area contributed by atoms with Crippen LogP contribution in [0.1, 0.15) is 18.4 Å². The summed E-state index contributed by atoms with van der Waals surface area (Å²) in [6.07, 6.45) is 11.0. The van der Waals surface area contributed by atoms with E-state index >= 15 is 0 Å². The Bertz CT molecular complexity index is 633. The number of nitrogen functional groups attached to an aromatic ring is 1. The van der Waals surface area contributed by atoms with Gasteiger partial charge in [-0.05, 0) is 30.5 Å². The predicted molar refractivity (Wildman–Crippen MR) is 77.2 cm³/mol. The molecule has 0 radical (unpaired) electrons. The largest absolute Gasteiger partial charge is 0.507 e. The molecule has 3 N–H and O–H groups in total. The molecule has 0 spiro atoms. The van der Waals surface area contributed by atoms with E-state index in [1.54, 1.807) is 24.5 Å². The minimum absolute atomic E-state index is 0.0682. The van der Waals surface area contributed by atoms with E-state index in [0.29, 0.717) is 22.8 Å². The molecular formula is C16H15NO3. The zero-order valence-corrected chi connectivity index (χ0v) is 10.9. The van der Waals surface area contributed by atoms with E-state index in [9.17, 15) is 5.11 Å². The van der Waals surface area contributed by atoms with Crippen LogP contribution in [0.2, 0.25) is 0 Å². The van der Waals surface area contributed by atoms with Crippen molar-refractivity contribution in [1.82, 2.24) is 0 Å². The highest BCUT2D eigenvalue weighted by Crippen LogP contribution is 2.36. The van der Waals surface area contributed by atoms with Gasteiger partial charge in [-0.1, -0.05) is 24.3 Å². The van der Waals surface area contributed by atoms with Crippen molar-refractivity contribution in [3.63, 3.8) is 0 Å². The highest BCUT2D eigenvalue weighted by atomic mass is 16.5.